The molecule has 2 heterocycles. The molecule has 1 fully saturated rings. The van der Waals surface area contributed by atoms with Gasteiger partial charge in [0.15, 0.2) is 0 Å². The molecule has 0 spiro atoms. The largest absolute Gasteiger partial charge is 0.427 e. The second-order valence-electron chi connectivity index (χ2n) is 7.85. The van der Waals surface area contributed by atoms with Gasteiger partial charge in [-0.05, 0) is 76.3 Å². The maximum Gasteiger partial charge on any atom is 0.349 e. The summed E-state index contributed by atoms with van der Waals surface area (Å²) in [6.45, 7) is 3.76. The predicted molar refractivity (Wildman–Crippen MR) is 131 cm³/mol. The molecule has 3 rings (SSSR count). The fourth-order valence-electron chi connectivity index (χ4n) is 3.52. The molecule has 1 unspecified atom stereocenters. The number of amides is 2. The first kappa shape index (κ1) is 27.6. The normalized spacial score (nSPS) is 15.3. The molecule has 1 aromatic carbocycles. The molecule has 3 N–H and O–H groups in total. The van der Waals surface area contributed by atoms with Crippen LogP contribution in [0.3, 0.4) is 0 Å². The van der Waals surface area contributed by atoms with Crippen molar-refractivity contribution in [2.75, 3.05) is 44.4 Å². The van der Waals surface area contributed by atoms with Crippen molar-refractivity contribution in [1.29, 1.82) is 0 Å². The molecule has 1 atom stereocenters. The topological polar surface area (TPSA) is 104 Å². The molecule has 8 nitrogen and oxygen atoms in total. The minimum absolute atomic E-state index is 0. The van der Waals surface area contributed by atoms with Gasteiger partial charge in [-0.1, -0.05) is 0 Å². The smallest absolute Gasteiger partial charge is 0.349 e. The van der Waals surface area contributed by atoms with E-state index in [1.54, 1.807) is 42.2 Å². The maximum absolute atomic E-state index is 12.7. The van der Waals surface area contributed by atoms with Gasteiger partial charge in [0.25, 0.3) is 5.91 Å². The third-order valence-corrected chi connectivity index (χ3v) is 4.98. The fourth-order valence-corrected chi connectivity index (χ4v) is 3.52. The number of hydrogen-bond acceptors (Lipinski definition) is 6. The van der Waals surface area contributed by atoms with Crippen LogP contribution < -0.4 is 21.6 Å². The predicted octanol–water partition coefficient (Wildman–Crippen LogP) is 3.01. The van der Waals surface area contributed by atoms with Crippen molar-refractivity contribution in [3.8, 4) is 0 Å². The Balaban J connectivity index is 0.00000256. The summed E-state index contributed by atoms with van der Waals surface area (Å²) in [5.41, 5.74) is 1.12. The third kappa shape index (κ3) is 7.34. The van der Waals surface area contributed by atoms with E-state index in [2.05, 4.69) is 16.0 Å². The van der Waals surface area contributed by atoms with Crippen LogP contribution in [-0.4, -0.2) is 50.4 Å². The van der Waals surface area contributed by atoms with Gasteiger partial charge in [-0.15, -0.1) is 24.8 Å². The fraction of sp³-hybridized carbons (Fsp3) is 0.409. The molecule has 1 aromatic heterocycles. The van der Waals surface area contributed by atoms with Crippen LogP contribution in [0.15, 0.2) is 39.5 Å². The SMILES string of the molecule is Cc1cc(C2CCCNC2)oc(=O)c1C(=O)Nc1ccc(NC(=O)CN(C)C)cc1.Cl.Cl. The molecule has 32 heavy (non-hydrogen) atoms. The van der Waals surface area contributed by atoms with Crippen LogP contribution in [0, 0.1) is 6.92 Å². The standard InChI is InChI=1S/C22H28N4O4.2ClH/c1-14-11-18(15-5-4-10-23-12-15)30-22(29)20(14)21(28)25-17-8-6-16(7-9-17)24-19(27)13-26(2)3;;/h6-9,11,15,23H,4-5,10,12-13H2,1-3H3,(H,24,27)(H,25,28);2*1H. The lowest BCUT2D eigenvalue weighted by molar-refractivity contribution is -0.116. The van der Waals surface area contributed by atoms with E-state index in [9.17, 15) is 14.4 Å². The van der Waals surface area contributed by atoms with Crippen LogP contribution in [0.25, 0.3) is 0 Å². The summed E-state index contributed by atoms with van der Waals surface area (Å²) in [4.78, 5) is 38.8. The molecule has 176 valence electrons. The van der Waals surface area contributed by atoms with Crippen LogP contribution >= 0.6 is 24.8 Å². The first-order valence-corrected chi connectivity index (χ1v) is 10.0. The highest BCUT2D eigenvalue weighted by Gasteiger charge is 2.22. The minimum Gasteiger partial charge on any atom is -0.427 e. The number of rotatable bonds is 6. The van der Waals surface area contributed by atoms with Gasteiger partial charge < -0.3 is 25.3 Å². The Hall–Kier alpha value is -2.39. The number of likely N-dealkylation sites (N-methyl/N-ethyl adjacent to an activating group) is 1. The zero-order chi connectivity index (χ0) is 21.7. The monoisotopic (exact) mass is 484 g/mol. The van der Waals surface area contributed by atoms with E-state index in [0.717, 1.165) is 25.9 Å². The van der Waals surface area contributed by atoms with E-state index < -0.39 is 11.5 Å². The highest BCUT2D eigenvalue weighted by molar-refractivity contribution is 6.05. The zero-order valence-electron chi connectivity index (χ0n) is 18.4. The van der Waals surface area contributed by atoms with Gasteiger partial charge in [0.2, 0.25) is 5.91 Å². The van der Waals surface area contributed by atoms with E-state index in [4.69, 9.17) is 4.42 Å². The lowest BCUT2D eigenvalue weighted by Gasteiger charge is -2.22. The molecule has 1 aliphatic rings. The van der Waals surface area contributed by atoms with E-state index in [1.165, 1.54) is 0 Å². The Labute approximate surface area is 200 Å². The molecule has 0 radical (unpaired) electrons. The molecular weight excluding hydrogens is 455 g/mol. The van der Waals surface area contributed by atoms with Gasteiger partial charge in [-0.3, -0.25) is 9.59 Å². The second kappa shape index (κ2) is 12.6. The number of carbonyl (C=O) groups is 2. The summed E-state index contributed by atoms with van der Waals surface area (Å²) in [5, 5.41) is 8.79. The number of anilines is 2. The van der Waals surface area contributed by atoms with Crippen LogP contribution in [-0.2, 0) is 4.79 Å². The highest BCUT2D eigenvalue weighted by Crippen LogP contribution is 2.24. The number of halogens is 2. The van der Waals surface area contributed by atoms with Crippen molar-refractivity contribution < 1.29 is 14.0 Å². The lowest BCUT2D eigenvalue weighted by Crippen LogP contribution is -2.30. The lowest BCUT2D eigenvalue weighted by atomic mass is 9.95. The van der Waals surface area contributed by atoms with Crippen molar-refractivity contribution in [2.24, 2.45) is 0 Å². The number of piperidine rings is 1. The van der Waals surface area contributed by atoms with Crippen LogP contribution in [0.1, 0.15) is 40.4 Å². The van der Waals surface area contributed by atoms with Crippen LogP contribution in [0.5, 0.6) is 0 Å². The van der Waals surface area contributed by atoms with E-state index in [1.807, 2.05) is 14.1 Å². The van der Waals surface area contributed by atoms with Gasteiger partial charge in [-0.25, -0.2) is 4.79 Å². The Kier molecular flexibility index (Phi) is 10.9. The third-order valence-electron chi connectivity index (χ3n) is 4.98. The summed E-state index contributed by atoms with van der Waals surface area (Å²) in [6, 6.07) is 8.51. The van der Waals surface area contributed by atoms with Crippen molar-refractivity contribution in [3.63, 3.8) is 0 Å². The number of aryl methyl sites for hydroxylation is 1. The van der Waals surface area contributed by atoms with Gasteiger partial charge in [0.1, 0.15) is 11.3 Å². The maximum atomic E-state index is 12.7. The quantitative estimate of drug-likeness (QED) is 0.582. The number of benzene rings is 1. The van der Waals surface area contributed by atoms with Gasteiger partial charge >= 0.3 is 5.63 Å². The highest BCUT2D eigenvalue weighted by atomic mass is 35.5. The Bertz CT molecular complexity index is 971. The van der Waals surface area contributed by atoms with E-state index in [-0.39, 0.29) is 48.7 Å². The Morgan fingerprint density at radius 2 is 1.75 bits per heavy atom. The van der Waals surface area contributed by atoms with Crippen LogP contribution in [0.4, 0.5) is 11.4 Å². The molecule has 0 aliphatic carbocycles. The van der Waals surface area contributed by atoms with Crippen molar-refractivity contribution >= 4 is 48.0 Å². The van der Waals surface area contributed by atoms with Gasteiger partial charge in [-0.2, -0.15) is 0 Å². The molecule has 0 saturated carbocycles. The van der Waals surface area contributed by atoms with Gasteiger partial charge in [0, 0.05) is 23.8 Å². The minimum atomic E-state index is -0.624. The average molecular weight is 485 g/mol. The van der Waals surface area contributed by atoms with E-state index in [0.29, 0.717) is 22.7 Å². The molecule has 10 heteroatoms. The number of hydrogen-bond donors (Lipinski definition) is 3. The molecule has 1 aliphatic heterocycles. The Morgan fingerprint density at radius 3 is 2.28 bits per heavy atom. The summed E-state index contributed by atoms with van der Waals surface area (Å²) in [6.07, 6.45) is 1.99. The second-order valence-corrected chi connectivity index (χ2v) is 7.85. The molecule has 1 saturated heterocycles. The molecule has 0 bridgehead atoms. The molecule has 2 amide bonds. The number of carbonyl (C=O) groups excluding carboxylic acids is 2. The molecular formula is C22H30Cl2N4O4. The van der Waals surface area contributed by atoms with Gasteiger partial charge in [0.05, 0.1) is 6.54 Å². The molecule has 2 aromatic rings. The zero-order valence-corrected chi connectivity index (χ0v) is 20.0. The summed E-state index contributed by atoms with van der Waals surface area (Å²) in [5.74, 6) is 0.133. The average Bonchev–Trinajstić information content (AvgIpc) is 2.69. The van der Waals surface area contributed by atoms with E-state index >= 15 is 0 Å². The van der Waals surface area contributed by atoms with Crippen LogP contribution in [0.2, 0.25) is 0 Å². The van der Waals surface area contributed by atoms with Crippen molar-refractivity contribution in [1.82, 2.24) is 10.2 Å². The number of nitrogens with zero attached hydrogens (tertiary/aromatic N) is 1. The summed E-state index contributed by atoms with van der Waals surface area (Å²) in [7, 11) is 3.63. The van der Waals surface area contributed by atoms with Crippen molar-refractivity contribution in [3.05, 3.63) is 57.6 Å². The van der Waals surface area contributed by atoms with Crippen molar-refractivity contribution in [2.45, 2.75) is 25.7 Å². The Morgan fingerprint density at radius 1 is 1.12 bits per heavy atom. The first-order valence-electron chi connectivity index (χ1n) is 10.0. The summed E-state index contributed by atoms with van der Waals surface area (Å²) < 4.78 is 5.47. The summed E-state index contributed by atoms with van der Waals surface area (Å²) >= 11 is 0. The first-order chi connectivity index (χ1) is 14.3. The number of nitrogens with one attached hydrogen (secondary N) is 3.